The van der Waals surface area contributed by atoms with Gasteiger partial charge in [-0.25, -0.2) is 9.97 Å². The number of carbonyl (C=O) groups excluding carboxylic acids is 1. The van der Waals surface area contributed by atoms with E-state index in [0.29, 0.717) is 43.2 Å². The normalized spacial score (nSPS) is 15.7. The maximum absolute atomic E-state index is 13.7. The molecule has 2 aromatic heterocycles. The number of hydrogen-bond donors (Lipinski definition) is 1. The molecule has 1 atom stereocenters. The van der Waals surface area contributed by atoms with Crippen molar-refractivity contribution in [2.75, 3.05) is 18.0 Å². The highest BCUT2D eigenvalue weighted by molar-refractivity contribution is 5.79. The first-order valence-corrected chi connectivity index (χ1v) is 12.5. The second-order valence-corrected chi connectivity index (χ2v) is 9.65. The van der Waals surface area contributed by atoms with Crippen LogP contribution in [-0.2, 0) is 17.9 Å². The Balaban J connectivity index is 1.39. The van der Waals surface area contributed by atoms with Gasteiger partial charge in [0, 0.05) is 25.8 Å². The van der Waals surface area contributed by atoms with Crippen molar-refractivity contribution in [2.45, 2.75) is 39.8 Å². The van der Waals surface area contributed by atoms with Crippen LogP contribution in [0.5, 0.6) is 0 Å². The van der Waals surface area contributed by atoms with E-state index in [0.717, 1.165) is 24.0 Å². The molecule has 36 heavy (non-hydrogen) atoms. The van der Waals surface area contributed by atoms with E-state index in [1.54, 1.807) is 10.8 Å². The van der Waals surface area contributed by atoms with Crippen molar-refractivity contribution in [1.82, 2.24) is 19.9 Å². The van der Waals surface area contributed by atoms with Crippen LogP contribution >= 0.6 is 0 Å². The summed E-state index contributed by atoms with van der Waals surface area (Å²) in [5, 5.41) is 3.08. The van der Waals surface area contributed by atoms with E-state index in [-0.39, 0.29) is 17.4 Å². The standard InChI is InChI=1S/C29H31N5O2/c1-20-10-12-22(13-11-20)18-34-26-25(9-4-14-30-26)32-27(29(34)36)33-15-5-8-24(19-33)28(35)31-17-23-7-3-6-21(2)16-23/h3-4,6-7,9-14,16,24H,5,8,15,17-19H2,1-2H3,(H,31,35). The van der Waals surface area contributed by atoms with Gasteiger partial charge in [0.2, 0.25) is 5.91 Å². The zero-order valence-corrected chi connectivity index (χ0v) is 20.8. The molecule has 1 amide bonds. The first-order valence-electron chi connectivity index (χ1n) is 12.5. The number of aryl methyl sites for hydroxylation is 2. The fourth-order valence-electron chi connectivity index (χ4n) is 4.83. The molecule has 7 heteroatoms. The van der Waals surface area contributed by atoms with Crippen molar-refractivity contribution >= 4 is 22.9 Å². The maximum Gasteiger partial charge on any atom is 0.295 e. The van der Waals surface area contributed by atoms with Gasteiger partial charge in [0.1, 0.15) is 5.52 Å². The van der Waals surface area contributed by atoms with Crippen molar-refractivity contribution in [1.29, 1.82) is 0 Å². The highest BCUT2D eigenvalue weighted by Crippen LogP contribution is 2.22. The summed E-state index contributed by atoms with van der Waals surface area (Å²) >= 11 is 0. The van der Waals surface area contributed by atoms with Gasteiger partial charge in [0.15, 0.2) is 11.5 Å². The molecule has 1 fully saturated rings. The van der Waals surface area contributed by atoms with Crippen molar-refractivity contribution in [3.8, 4) is 0 Å². The number of carbonyl (C=O) groups is 1. The number of nitrogens with one attached hydrogen (secondary N) is 1. The lowest BCUT2D eigenvalue weighted by Gasteiger charge is -2.32. The second-order valence-electron chi connectivity index (χ2n) is 9.65. The molecule has 0 radical (unpaired) electrons. The van der Waals surface area contributed by atoms with Crippen LogP contribution in [0.4, 0.5) is 5.82 Å². The highest BCUT2D eigenvalue weighted by Gasteiger charge is 2.28. The van der Waals surface area contributed by atoms with Gasteiger partial charge in [-0.3, -0.25) is 14.2 Å². The molecule has 0 bridgehead atoms. The minimum absolute atomic E-state index is 0.0173. The van der Waals surface area contributed by atoms with Gasteiger partial charge in [-0.2, -0.15) is 0 Å². The van der Waals surface area contributed by atoms with E-state index < -0.39 is 0 Å². The largest absolute Gasteiger partial charge is 0.352 e. The quantitative estimate of drug-likeness (QED) is 0.451. The Morgan fingerprint density at radius 3 is 2.67 bits per heavy atom. The molecule has 4 aromatic rings. The van der Waals surface area contributed by atoms with Crippen LogP contribution in [0.2, 0.25) is 0 Å². The van der Waals surface area contributed by atoms with E-state index in [1.165, 1.54) is 11.1 Å². The third kappa shape index (κ3) is 5.15. The number of anilines is 1. The number of amides is 1. The van der Waals surface area contributed by atoms with E-state index >= 15 is 0 Å². The third-order valence-electron chi connectivity index (χ3n) is 6.79. The predicted molar refractivity (Wildman–Crippen MR) is 142 cm³/mol. The summed E-state index contributed by atoms with van der Waals surface area (Å²) in [6.45, 7) is 6.17. The number of fused-ring (bicyclic) bond motifs is 1. The molecule has 3 heterocycles. The fraction of sp³-hybridized carbons (Fsp3) is 0.310. The molecule has 1 saturated heterocycles. The van der Waals surface area contributed by atoms with Gasteiger partial charge in [0.05, 0.1) is 12.5 Å². The summed E-state index contributed by atoms with van der Waals surface area (Å²) in [6, 6.07) is 20.0. The minimum Gasteiger partial charge on any atom is -0.352 e. The Labute approximate surface area is 210 Å². The zero-order valence-electron chi connectivity index (χ0n) is 20.8. The fourth-order valence-corrected chi connectivity index (χ4v) is 4.83. The average Bonchev–Trinajstić information content (AvgIpc) is 2.90. The Hall–Kier alpha value is -4.00. The first-order chi connectivity index (χ1) is 17.5. The molecule has 7 nitrogen and oxygen atoms in total. The molecule has 1 aliphatic rings. The molecule has 5 rings (SSSR count). The summed E-state index contributed by atoms with van der Waals surface area (Å²) in [5.41, 5.74) is 5.51. The van der Waals surface area contributed by atoms with Gasteiger partial charge in [0.25, 0.3) is 5.56 Å². The lowest BCUT2D eigenvalue weighted by molar-refractivity contribution is -0.125. The molecule has 0 aliphatic carbocycles. The van der Waals surface area contributed by atoms with Crippen LogP contribution in [-0.4, -0.2) is 33.5 Å². The summed E-state index contributed by atoms with van der Waals surface area (Å²) in [6.07, 6.45) is 3.31. The summed E-state index contributed by atoms with van der Waals surface area (Å²) in [5.74, 6) is 0.211. The molecular weight excluding hydrogens is 450 g/mol. The van der Waals surface area contributed by atoms with Crippen LogP contribution in [0, 0.1) is 19.8 Å². The smallest absolute Gasteiger partial charge is 0.295 e. The number of benzene rings is 2. The number of rotatable bonds is 6. The van der Waals surface area contributed by atoms with E-state index in [2.05, 4.69) is 16.4 Å². The maximum atomic E-state index is 13.7. The minimum atomic E-state index is -0.195. The number of aromatic nitrogens is 3. The number of nitrogens with zero attached hydrogens (tertiary/aromatic N) is 4. The van der Waals surface area contributed by atoms with E-state index in [9.17, 15) is 9.59 Å². The Morgan fingerprint density at radius 2 is 1.86 bits per heavy atom. The van der Waals surface area contributed by atoms with Crippen molar-refractivity contribution in [3.63, 3.8) is 0 Å². The van der Waals surface area contributed by atoms with E-state index in [4.69, 9.17) is 4.98 Å². The molecule has 184 valence electrons. The molecule has 1 unspecified atom stereocenters. The summed E-state index contributed by atoms with van der Waals surface area (Å²) in [4.78, 5) is 37.9. The number of pyridine rings is 1. The van der Waals surface area contributed by atoms with Gasteiger partial charge in [-0.1, -0.05) is 59.7 Å². The molecule has 0 spiro atoms. The zero-order chi connectivity index (χ0) is 25.1. The second kappa shape index (κ2) is 10.3. The average molecular weight is 482 g/mol. The van der Waals surface area contributed by atoms with Crippen molar-refractivity contribution in [3.05, 3.63) is 99.5 Å². The monoisotopic (exact) mass is 481 g/mol. The Morgan fingerprint density at radius 1 is 1.03 bits per heavy atom. The van der Waals surface area contributed by atoms with E-state index in [1.807, 2.05) is 73.3 Å². The predicted octanol–water partition coefficient (Wildman–Crippen LogP) is 3.99. The van der Waals surface area contributed by atoms with Crippen LogP contribution in [0.3, 0.4) is 0 Å². The lowest BCUT2D eigenvalue weighted by atomic mass is 9.97. The molecule has 1 aliphatic heterocycles. The van der Waals surface area contributed by atoms with Gasteiger partial charge >= 0.3 is 0 Å². The number of hydrogen-bond acceptors (Lipinski definition) is 5. The third-order valence-corrected chi connectivity index (χ3v) is 6.79. The highest BCUT2D eigenvalue weighted by atomic mass is 16.2. The van der Waals surface area contributed by atoms with Crippen LogP contribution in [0.25, 0.3) is 11.2 Å². The van der Waals surface area contributed by atoms with Crippen LogP contribution < -0.4 is 15.8 Å². The SMILES string of the molecule is Cc1ccc(Cn2c(=O)c(N3CCCC(C(=O)NCc4cccc(C)c4)C3)nc3cccnc32)cc1. The van der Waals surface area contributed by atoms with Gasteiger partial charge in [-0.05, 0) is 49.9 Å². The van der Waals surface area contributed by atoms with Gasteiger partial charge < -0.3 is 10.2 Å². The molecule has 0 saturated carbocycles. The number of piperidine rings is 1. The molecular formula is C29H31N5O2. The molecule has 1 N–H and O–H groups in total. The Bertz CT molecular complexity index is 1440. The first kappa shape index (κ1) is 23.7. The van der Waals surface area contributed by atoms with Crippen molar-refractivity contribution < 1.29 is 4.79 Å². The Kier molecular flexibility index (Phi) is 6.80. The van der Waals surface area contributed by atoms with Crippen LogP contribution in [0.1, 0.15) is 35.1 Å². The topological polar surface area (TPSA) is 80.1 Å². The van der Waals surface area contributed by atoms with Gasteiger partial charge in [-0.15, -0.1) is 0 Å². The summed E-state index contributed by atoms with van der Waals surface area (Å²) < 4.78 is 1.70. The summed E-state index contributed by atoms with van der Waals surface area (Å²) in [7, 11) is 0. The van der Waals surface area contributed by atoms with Crippen molar-refractivity contribution in [2.24, 2.45) is 5.92 Å². The van der Waals surface area contributed by atoms with Crippen LogP contribution in [0.15, 0.2) is 71.7 Å². The lowest BCUT2D eigenvalue weighted by Crippen LogP contribution is -2.45. The molecule has 2 aromatic carbocycles.